The third kappa shape index (κ3) is 4.18. The molecule has 0 aromatic carbocycles. The maximum absolute atomic E-state index is 11.2. The van der Waals surface area contributed by atoms with Crippen LogP contribution in [0, 0.1) is 5.92 Å². The minimum absolute atomic E-state index is 0.236. The second-order valence-electron chi connectivity index (χ2n) is 4.78. The van der Waals surface area contributed by atoms with E-state index in [2.05, 4.69) is 22.0 Å². The van der Waals surface area contributed by atoms with Crippen molar-refractivity contribution in [1.82, 2.24) is 4.98 Å². The summed E-state index contributed by atoms with van der Waals surface area (Å²) in [5, 5.41) is 6.19. The molecule has 19 heavy (non-hydrogen) atoms. The van der Waals surface area contributed by atoms with Crippen LogP contribution in [0.3, 0.4) is 0 Å². The number of aromatic nitrogens is 1. The van der Waals surface area contributed by atoms with Crippen LogP contribution in [0.4, 0.5) is 5.13 Å². The predicted octanol–water partition coefficient (Wildman–Crippen LogP) is 2.09. The van der Waals surface area contributed by atoms with Crippen LogP contribution in [0.2, 0.25) is 0 Å². The molecule has 1 fully saturated rings. The van der Waals surface area contributed by atoms with Gasteiger partial charge < -0.3 is 14.8 Å². The topological polar surface area (TPSA) is 60.5 Å². The van der Waals surface area contributed by atoms with E-state index in [9.17, 15) is 4.79 Å². The highest BCUT2D eigenvalue weighted by molar-refractivity contribution is 7.13. The van der Waals surface area contributed by atoms with Crippen molar-refractivity contribution in [2.75, 3.05) is 25.6 Å². The number of hydrogen-bond donors (Lipinski definition) is 1. The van der Waals surface area contributed by atoms with Crippen LogP contribution < -0.4 is 5.32 Å². The van der Waals surface area contributed by atoms with Crippen LogP contribution in [0.25, 0.3) is 0 Å². The molecule has 0 aliphatic carbocycles. The second kappa shape index (κ2) is 6.86. The van der Waals surface area contributed by atoms with Gasteiger partial charge in [-0.15, -0.1) is 11.3 Å². The Bertz CT molecular complexity index is 416. The van der Waals surface area contributed by atoms with Gasteiger partial charge in [0.1, 0.15) is 0 Å². The fourth-order valence-corrected chi connectivity index (χ4v) is 3.01. The lowest BCUT2D eigenvalue weighted by atomic mass is 9.93. The smallest absolute Gasteiger partial charge is 0.311 e. The van der Waals surface area contributed by atoms with Crippen molar-refractivity contribution in [3.8, 4) is 0 Å². The molecule has 1 N–H and O–H groups in total. The fraction of sp³-hybridized carbons (Fsp3) is 0.692. The maximum atomic E-state index is 11.2. The van der Waals surface area contributed by atoms with Crippen molar-refractivity contribution in [3.05, 3.63) is 11.1 Å². The highest BCUT2D eigenvalue weighted by Gasteiger charge is 2.21. The van der Waals surface area contributed by atoms with E-state index in [1.54, 1.807) is 0 Å². The molecule has 5 nitrogen and oxygen atoms in total. The van der Waals surface area contributed by atoms with Gasteiger partial charge in [-0.25, -0.2) is 4.98 Å². The number of carbonyl (C=O) groups excluding carboxylic acids is 1. The number of hydrogen-bond acceptors (Lipinski definition) is 6. The summed E-state index contributed by atoms with van der Waals surface area (Å²) in [5.41, 5.74) is 0.763. The van der Waals surface area contributed by atoms with E-state index in [0.29, 0.717) is 12.0 Å². The lowest BCUT2D eigenvalue weighted by molar-refractivity contribution is -0.139. The van der Waals surface area contributed by atoms with E-state index >= 15 is 0 Å². The van der Waals surface area contributed by atoms with Crippen LogP contribution in [0.1, 0.15) is 25.5 Å². The van der Waals surface area contributed by atoms with Gasteiger partial charge in [-0.3, -0.25) is 4.79 Å². The Morgan fingerprint density at radius 2 is 2.37 bits per heavy atom. The Hall–Kier alpha value is -1.14. The Morgan fingerprint density at radius 1 is 1.63 bits per heavy atom. The first-order valence-electron chi connectivity index (χ1n) is 6.54. The number of methoxy groups -OCH3 is 1. The van der Waals surface area contributed by atoms with Crippen LogP contribution in [-0.2, 0) is 20.7 Å². The summed E-state index contributed by atoms with van der Waals surface area (Å²) < 4.78 is 10.00. The third-order valence-electron chi connectivity index (χ3n) is 3.43. The predicted molar refractivity (Wildman–Crippen MR) is 74.5 cm³/mol. The standard InChI is InChI=1S/C13H20N2O3S/c1-9(10-3-5-18-6-4-10)14-13-15-11(8-19-13)7-12(16)17-2/h8-10H,3-7H2,1-2H3,(H,14,15). The van der Waals surface area contributed by atoms with E-state index in [0.717, 1.165) is 36.9 Å². The molecular formula is C13H20N2O3S. The molecule has 1 saturated heterocycles. The van der Waals surface area contributed by atoms with Crippen molar-refractivity contribution >= 4 is 22.4 Å². The molecule has 1 aromatic rings. The molecule has 1 aromatic heterocycles. The largest absolute Gasteiger partial charge is 0.469 e. The first kappa shape index (κ1) is 14.3. The zero-order valence-corrected chi connectivity index (χ0v) is 12.2. The Kier molecular flexibility index (Phi) is 5.15. The van der Waals surface area contributed by atoms with Crippen molar-refractivity contribution in [2.24, 2.45) is 5.92 Å². The summed E-state index contributed by atoms with van der Waals surface area (Å²) >= 11 is 1.53. The minimum atomic E-state index is -0.255. The molecule has 1 unspecified atom stereocenters. The number of thiazole rings is 1. The van der Waals surface area contributed by atoms with Gasteiger partial charge in [0, 0.05) is 24.6 Å². The Labute approximate surface area is 117 Å². The molecule has 6 heteroatoms. The average molecular weight is 284 g/mol. The first-order chi connectivity index (χ1) is 9.19. The second-order valence-corrected chi connectivity index (χ2v) is 5.64. The van der Waals surface area contributed by atoms with Crippen molar-refractivity contribution in [2.45, 2.75) is 32.2 Å². The average Bonchev–Trinajstić information content (AvgIpc) is 2.86. The molecule has 1 aliphatic rings. The monoisotopic (exact) mass is 284 g/mol. The van der Waals surface area contributed by atoms with Crippen LogP contribution in [-0.4, -0.2) is 37.3 Å². The highest BCUT2D eigenvalue weighted by atomic mass is 32.1. The molecule has 2 heterocycles. The normalized spacial score (nSPS) is 18.0. The number of rotatable bonds is 5. The number of nitrogens with zero attached hydrogens (tertiary/aromatic N) is 1. The molecule has 0 amide bonds. The number of anilines is 1. The lowest BCUT2D eigenvalue weighted by Gasteiger charge is -2.28. The van der Waals surface area contributed by atoms with Gasteiger partial charge in [0.15, 0.2) is 5.13 Å². The van der Waals surface area contributed by atoms with Gasteiger partial charge in [0.25, 0.3) is 0 Å². The SMILES string of the molecule is COC(=O)Cc1csc(NC(C)C2CCOCC2)n1. The molecule has 0 saturated carbocycles. The molecule has 0 spiro atoms. The van der Waals surface area contributed by atoms with E-state index in [4.69, 9.17) is 4.74 Å². The third-order valence-corrected chi connectivity index (χ3v) is 4.25. The molecular weight excluding hydrogens is 264 g/mol. The number of carbonyl (C=O) groups is 1. The fourth-order valence-electron chi connectivity index (χ4n) is 2.20. The summed E-state index contributed by atoms with van der Waals surface area (Å²) in [7, 11) is 1.39. The quantitative estimate of drug-likeness (QED) is 0.839. The van der Waals surface area contributed by atoms with Gasteiger partial charge >= 0.3 is 5.97 Å². The van der Waals surface area contributed by atoms with E-state index in [-0.39, 0.29) is 12.4 Å². The summed E-state index contributed by atoms with van der Waals surface area (Å²) in [6.45, 7) is 3.88. The van der Waals surface area contributed by atoms with Crippen LogP contribution in [0.5, 0.6) is 0 Å². The van der Waals surface area contributed by atoms with Gasteiger partial charge in [-0.2, -0.15) is 0 Å². The highest BCUT2D eigenvalue weighted by Crippen LogP contribution is 2.23. The Morgan fingerprint density at radius 3 is 3.05 bits per heavy atom. The minimum Gasteiger partial charge on any atom is -0.469 e. The van der Waals surface area contributed by atoms with E-state index in [1.807, 2.05) is 5.38 Å². The number of nitrogens with one attached hydrogen (secondary N) is 1. The van der Waals surface area contributed by atoms with E-state index in [1.165, 1.54) is 18.4 Å². The van der Waals surface area contributed by atoms with Crippen molar-refractivity contribution < 1.29 is 14.3 Å². The summed E-state index contributed by atoms with van der Waals surface area (Å²) in [6, 6.07) is 0.376. The van der Waals surface area contributed by atoms with Gasteiger partial charge in [0.2, 0.25) is 0 Å². The van der Waals surface area contributed by atoms with Crippen LogP contribution >= 0.6 is 11.3 Å². The maximum Gasteiger partial charge on any atom is 0.311 e. The van der Waals surface area contributed by atoms with Gasteiger partial charge in [-0.1, -0.05) is 0 Å². The van der Waals surface area contributed by atoms with Crippen LogP contribution in [0.15, 0.2) is 5.38 Å². The van der Waals surface area contributed by atoms with Gasteiger partial charge in [-0.05, 0) is 25.7 Å². The summed E-state index contributed by atoms with van der Waals surface area (Å²) in [5.74, 6) is 0.371. The summed E-state index contributed by atoms with van der Waals surface area (Å²) in [4.78, 5) is 15.6. The molecule has 0 bridgehead atoms. The first-order valence-corrected chi connectivity index (χ1v) is 7.42. The summed E-state index contributed by atoms with van der Waals surface area (Å²) in [6.07, 6.45) is 2.42. The number of esters is 1. The molecule has 2 rings (SSSR count). The molecule has 1 aliphatic heterocycles. The van der Waals surface area contributed by atoms with Gasteiger partial charge in [0.05, 0.1) is 19.2 Å². The van der Waals surface area contributed by atoms with Crippen molar-refractivity contribution in [3.63, 3.8) is 0 Å². The zero-order valence-electron chi connectivity index (χ0n) is 11.3. The Balaban J connectivity index is 1.86. The number of ether oxygens (including phenoxy) is 2. The molecule has 106 valence electrons. The van der Waals surface area contributed by atoms with Crippen molar-refractivity contribution in [1.29, 1.82) is 0 Å². The molecule has 0 radical (unpaired) electrons. The zero-order chi connectivity index (χ0) is 13.7. The van der Waals surface area contributed by atoms with E-state index < -0.39 is 0 Å². The molecule has 1 atom stereocenters. The lowest BCUT2D eigenvalue weighted by Crippen LogP contribution is -2.30.